The number of benzene rings is 1. The SMILES string of the molecule is Cc1ccccc1CNC1(C(F)(F)F)CC1. The minimum atomic E-state index is -4.13. The molecule has 0 aliphatic heterocycles. The highest BCUT2D eigenvalue weighted by Gasteiger charge is 2.62. The van der Waals surface area contributed by atoms with Gasteiger partial charge in [0.05, 0.1) is 0 Å². The molecule has 0 unspecified atom stereocenters. The average molecular weight is 229 g/mol. The molecule has 0 spiro atoms. The summed E-state index contributed by atoms with van der Waals surface area (Å²) in [6.45, 7) is 2.19. The van der Waals surface area contributed by atoms with Crippen molar-refractivity contribution in [3.05, 3.63) is 35.4 Å². The molecule has 1 N–H and O–H groups in total. The van der Waals surface area contributed by atoms with E-state index in [2.05, 4.69) is 5.32 Å². The molecule has 0 amide bonds. The van der Waals surface area contributed by atoms with Crippen LogP contribution in [-0.4, -0.2) is 11.7 Å². The lowest BCUT2D eigenvalue weighted by Crippen LogP contribution is -2.44. The Labute approximate surface area is 92.7 Å². The Morgan fingerprint density at radius 3 is 2.38 bits per heavy atom. The van der Waals surface area contributed by atoms with Crippen LogP contribution in [0.5, 0.6) is 0 Å². The monoisotopic (exact) mass is 229 g/mol. The van der Waals surface area contributed by atoms with Crippen LogP contribution in [0.2, 0.25) is 0 Å². The molecule has 16 heavy (non-hydrogen) atoms. The molecule has 2 rings (SSSR count). The van der Waals surface area contributed by atoms with Crippen LogP contribution in [0.1, 0.15) is 24.0 Å². The van der Waals surface area contributed by atoms with Gasteiger partial charge in [-0.3, -0.25) is 5.32 Å². The van der Waals surface area contributed by atoms with Crippen molar-refractivity contribution in [1.29, 1.82) is 0 Å². The quantitative estimate of drug-likeness (QED) is 0.839. The zero-order valence-electron chi connectivity index (χ0n) is 9.06. The molecular formula is C12H14F3N. The summed E-state index contributed by atoms with van der Waals surface area (Å²) >= 11 is 0. The first-order chi connectivity index (χ1) is 7.45. The lowest BCUT2D eigenvalue weighted by molar-refractivity contribution is -0.166. The van der Waals surface area contributed by atoms with Crippen LogP contribution in [0.3, 0.4) is 0 Å². The van der Waals surface area contributed by atoms with Crippen molar-refractivity contribution in [2.75, 3.05) is 0 Å². The van der Waals surface area contributed by atoms with E-state index in [-0.39, 0.29) is 19.4 Å². The number of nitrogens with one attached hydrogen (secondary N) is 1. The first-order valence-corrected chi connectivity index (χ1v) is 5.31. The van der Waals surface area contributed by atoms with E-state index in [4.69, 9.17) is 0 Å². The van der Waals surface area contributed by atoms with E-state index in [0.29, 0.717) is 0 Å². The van der Waals surface area contributed by atoms with Gasteiger partial charge in [-0.2, -0.15) is 13.2 Å². The minimum absolute atomic E-state index is 0.197. The van der Waals surface area contributed by atoms with E-state index >= 15 is 0 Å². The molecule has 0 saturated heterocycles. The first-order valence-electron chi connectivity index (χ1n) is 5.31. The topological polar surface area (TPSA) is 12.0 Å². The van der Waals surface area contributed by atoms with Crippen LogP contribution in [-0.2, 0) is 6.54 Å². The van der Waals surface area contributed by atoms with Gasteiger partial charge in [-0.15, -0.1) is 0 Å². The maximum Gasteiger partial charge on any atom is 0.406 e. The summed E-state index contributed by atoms with van der Waals surface area (Å²) in [5.74, 6) is 0. The molecule has 1 fully saturated rings. The highest BCUT2D eigenvalue weighted by molar-refractivity contribution is 5.26. The molecule has 0 aromatic heterocycles. The molecule has 0 heterocycles. The Hall–Kier alpha value is -1.03. The number of halogens is 3. The normalized spacial score (nSPS) is 18.5. The second-order valence-corrected chi connectivity index (χ2v) is 4.36. The lowest BCUT2D eigenvalue weighted by atomic mass is 10.1. The van der Waals surface area contributed by atoms with Crippen molar-refractivity contribution in [2.45, 2.75) is 38.0 Å². The van der Waals surface area contributed by atoms with Crippen molar-refractivity contribution in [3.8, 4) is 0 Å². The Bertz CT molecular complexity index is 380. The third kappa shape index (κ3) is 2.07. The lowest BCUT2D eigenvalue weighted by Gasteiger charge is -2.21. The van der Waals surface area contributed by atoms with Gasteiger partial charge in [0.2, 0.25) is 0 Å². The second-order valence-electron chi connectivity index (χ2n) is 4.36. The van der Waals surface area contributed by atoms with E-state index in [1.807, 2.05) is 31.2 Å². The van der Waals surface area contributed by atoms with Crippen molar-refractivity contribution >= 4 is 0 Å². The predicted octanol–water partition coefficient (Wildman–Crippen LogP) is 3.18. The zero-order chi connectivity index (χ0) is 11.8. The fourth-order valence-electron chi connectivity index (χ4n) is 1.76. The van der Waals surface area contributed by atoms with Gasteiger partial charge in [-0.1, -0.05) is 24.3 Å². The summed E-state index contributed by atoms with van der Waals surface area (Å²) in [6, 6.07) is 7.49. The number of hydrogen-bond donors (Lipinski definition) is 1. The summed E-state index contributed by atoms with van der Waals surface area (Å²) in [4.78, 5) is 0. The van der Waals surface area contributed by atoms with E-state index in [0.717, 1.165) is 11.1 Å². The molecule has 1 saturated carbocycles. The number of hydrogen-bond acceptors (Lipinski definition) is 1. The molecule has 0 atom stereocenters. The van der Waals surface area contributed by atoms with Crippen LogP contribution in [0.4, 0.5) is 13.2 Å². The standard InChI is InChI=1S/C12H14F3N/c1-9-4-2-3-5-10(9)8-16-11(6-7-11)12(13,14)15/h2-5,16H,6-8H2,1H3. The number of aryl methyl sites for hydroxylation is 1. The third-order valence-electron chi connectivity index (χ3n) is 3.17. The fourth-order valence-corrected chi connectivity index (χ4v) is 1.76. The maximum atomic E-state index is 12.6. The van der Waals surface area contributed by atoms with Crippen LogP contribution in [0, 0.1) is 6.92 Å². The Balaban J connectivity index is 2.01. The van der Waals surface area contributed by atoms with Gasteiger partial charge >= 0.3 is 6.18 Å². The van der Waals surface area contributed by atoms with Gasteiger partial charge in [-0.05, 0) is 30.9 Å². The Morgan fingerprint density at radius 2 is 1.88 bits per heavy atom. The average Bonchev–Trinajstić information content (AvgIpc) is 2.96. The summed E-state index contributed by atoms with van der Waals surface area (Å²) in [6.07, 6.45) is -3.74. The van der Waals surface area contributed by atoms with Gasteiger partial charge in [0, 0.05) is 6.54 Å². The summed E-state index contributed by atoms with van der Waals surface area (Å²) in [7, 11) is 0. The molecule has 0 radical (unpaired) electrons. The largest absolute Gasteiger partial charge is 0.406 e. The molecule has 1 aliphatic carbocycles. The summed E-state index contributed by atoms with van der Waals surface area (Å²) < 4.78 is 37.9. The van der Waals surface area contributed by atoms with Crippen molar-refractivity contribution in [2.24, 2.45) is 0 Å². The molecule has 4 heteroatoms. The van der Waals surface area contributed by atoms with E-state index in [9.17, 15) is 13.2 Å². The van der Waals surface area contributed by atoms with Crippen LogP contribution in [0.15, 0.2) is 24.3 Å². The van der Waals surface area contributed by atoms with Gasteiger partial charge in [0.25, 0.3) is 0 Å². The van der Waals surface area contributed by atoms with Crippen LogP contribution in [0.25, 0.3) is 0 Å². The van der Waals surface area contributed by atoms with E-state index in [1.165, 1.54) is 0 Å². The second kappa shape index (κ2) is 3.77. The van der Waals surface area contributed by atoms with Gasteiger partial charge in [0.1, 0.15) is 5.54 Å². The highest BCUT2D eigenvalue weighted by Crippen LogP contribution is 2.49. The summed E-state index contributed by atoms with van der Waals surface area (Å²) in [5, 5.41) is 2.64. The van der Waals surface area contributed by atoms with Gasteiger partial charge in [-0.25, -0.2) is 0 Å². The molecular weight excluding hydrogens is 215 g/mol. The minimum Gasteiger partial charge on any atom is -0.299 e. The van der Waals surface area contributed by atoms with Crippen molar-refractivity contribution in [1.82, 2.24) is 5.32 Å². The van der Waals surface area contributed by atoms with Crippen molar-refractivity contribution < 1.29 is 13.2 Å². The van der Waals surface area contributed by atoms with Crippen molar-refractivity contribution in [3.63, 3.8) is 0 Å². The first kappa shape index (κ1) is 11.5. The van der Waals surface area contributed by atoms with Crippen LogP contribution >= 0.6 is 0 Å². The maximum absolute atomic E-state index is 12.6. The third-order valence-corrected chi connectivity index (χ3v) is 3.17. The van der Waals surface area contributed by atoms with Crippen LogP contribution < -0.4 is 5.32 Å². The highest BCUT2D eigenvalue weighted by atomic mass is 19.4. The summed E-state index contributed by atoms with van der Waals surface area (Å²) in [5.41, 5.74) is 0.334. The van der Waals surface area contributed by atoms with Gasteiger partial charge < -0.3 is 0 Å². The number of rotatable bonds is 3. The predicted molar refractivity (Wildman–Crippen MR) is 56.0 cm³/mol. The molecule has 0 bridgehead atoms. The Kier molecular flexibility index (Phi) is 2.70. The molecule has 1 nitrogen and oxygen atoms in total. The Morgan fingerprint density at radius 1 is 1.25 bits per heavy atom. The number of alkyl halides is 3. The smallest absolute Gasteiger partial charge is 0.299 e. The van der Waals surface area contributed by atoms with E-state index < -0.39 is 11.7 Å². The molecule has 1 aliphatic rings. The fraction of sp³-hybridized carbons (Fsp3) is 0.500. The zero-order valence-corrected chi connectivity index (χ0v) is 9.06. The molecule has 88 valence electrons. The molecule has 1 aromatic rings. The van der Waals surface area contributed by atoms with Gasteiger partial charge in [0.15, 0.2) is 0 Å². The molecule has 1 aromatic carbocycles. The van der Waals surface area contributed by atoms with E-state index in [1.54, 1.807) is 0 Å².